The van der Waals surface area contributed by atoms with Crippen molar-refractivity contribution in [3.05, 3.63) is 70.7 Å². The zero-order valence-electron chi connectivity index (χ0n) is 15.5. The van der Waals surface area contributed by atoms with Crippen molar-refractivity contribution in [3.8, 4) is 22.8 Å². The van der Waals surface area contributed by atoms with Crippen molar-refractivity contribution < 1.29 is 14.6 Å². The maximum atomic E-state index is 10.5. The van der Waals surface area contributed by atoms with Gasteiger partial charge in [0.15, 0.2) is 17.6 Å². The molecule has 3 aromatic rings. The molecule has 7 heteroatoms. The molecule has 0 saturated heterocycles. The molecule has 2 N–H and O–H groups in total. The van der Waals surface area contributed by atoms with Gasteiger partial charge in [-0.05, 0) is 12.1 Å². The highest BCUT2D eigenvalue weighted by Crippen LogP contribution is 2.34. The van der Waals surface area contributed by atoms with Gasteiger partial charge in [-0.2, -0.15) is 0 Å². The second kappa shape index (κ2) is 7.25. The second-order valence-electron chi connectivity index (χ2n) is 6.95. The van der Waals surface area contributed by atoms with Crippen molar-refractivity contribution in [2.45, 2.75) is 6.10 Å². The molecule has 6 nitrogen and oxygen atoms in total. The summed E-state index contributed by atoms with van der Waals surface area (Å²) in [5, 5.41) is 21.7. The van der Waals surface area contributed by atoms with Crippen LogP contribution in [-0.2, 0) is 0 Å². The fourth-order valence-electron chi connectivity index (χ4n) is 3.54. The molecule has 0 amide bonds. The van der Waals surface area contributed by atoms with Crippen molar-refractivity contribution >= 4 is 22.7 Å². The minimum absolute atomic E-state index is 0.168. The fraction of sp³-hybridized carbons (Fsp3) is 0.182. The van der Waals surface area contributed by atoms with E-state index in [1.807, 2.05) is 60.0 Å². The normalized spacial score (nSPS) is 18.4. The third kappa shape index (κ3) is 3.34. The molecule has 1 unspecified atom stereocenters. The molecule has 0 fully saturated rings. The van der Waals surface area contributed by atoms with E-state index in [1.165, 1.54) is 11.3 Å². The average molecular weight is 405 g/mol. The van der Waals surface area contributed by atoms with E-state index in [1.54, 1.807) is 4.90 Å². The number of fused-ring (bicyclic) bond motifs is 1. The maximum Gasteiger partial charge on any atom is 0.161 e. The van der Waals surface area contributed by atoms with Crippen LogP contribution in [0, 0.1) is 5.41 Å². The Morgan fingerprint density at radius 3 is 2.69 bits per heavy atom. The summed E-state index contributed by atoms with van der Waals surface area (Å²) in [6.07, 6.45) is -0.214. The minimum atomic E-state index is -0.214. The van der Waals surface area contributed by atoms with E-state index in [0.29, 0.717) is 29.5 Å². The molecule has 29 heavy (non-hydrogen) atoms. The van der Waals surface area contributed by atoms with Gasteiger partial charge in [-0.25, -0.2) is 4.98 Å². The van der Waals surface area contributed by atoms with Crippen LogP contribution in [0.5, 0.6) is 11.5 Å². The highest BCUT2D eigenvalue weighted by atomic mass is 32.1. The monoisotopic (exact) mass is 405 g/mol. The number of hydrogen-bond donors (Lipinski definition) is 2. The van der Waals surface area contributed by atoms with Crippen molar-refractivity contribution in [1.29, 1.82) is 5.41 Å². The summed E-state index contributed by atoms with van der Waals surface area (Å²) in [7, 11) is 0. The first-order valence-corrected chi connectivity index (χ1v) is 10.2. The van der Waals surface area contributed by atoms with Gasteiger partial charge in [0.1, 0.15) is 23.2 Å². The Kier molecular flexibility index (Phi) is 4.44. The van der Waals surface area contributed by atoms with Crippen LogP contribution in [0.2, 0.25) is 0 Å². The number of ether oxygens (including phenoxy) is 2. The number of thiazole rings is 1. The van der Waals surface area contributed by atoms with Gasteiger partial charge in [0.2, 0.25) is 0 Å². The number of nitrogens with zero attached hydrogens (tertiary/aromatic N) is 2. The first-order valence-electron chi connectivity index (χ1n) is 9.35. The Morgan fingerprint density at radius 1 is 1.10 bits per heavy atom. The summed E-state index contributed by atoms with van der Waals surface area (Å²) >= 11 is 1.44. The number of aromatic nitrogens is 1. The third-order valence-electron chi connectivity index (χ3n) is 4.96. The molecule has 1 aromatic heterocycles. The zero-order chi connectivity index (χ0) is 19.8. The fourth-order valence-corrected chi connectivity index (χ4v) is 4.44. The quantitative estimate of drug-likeness (QED) is 0.680. The van der Waals surface area contributed by atoms with E-state index in [0.717, 1.165) is 17.0 Å². The molecule has 2 aliphatic rings. The zero-order valence-corrected chi connectivity index (χ0v) is 16.4. The van der Waals surface area contributed by atoms with Gasteiger partial charge in [-0.3, -0.25) is 5.41 Å². The van der Waals surface area contributed by atoms with E-state index in [9.17, 15) is 5.11 Å². The van der Waals surface area contributed by atoms with Crippen LogP contribution < -0.4 is 9.47 Å². The predicted molar refractivity (Wildman–Crippen MR) is 113 cm³/mol. The number of benzene rings is 2. The second-order valence-corrected chi connectivity index (χ2v) is 7.81. The van der Waals surface area contributed by atoms with Crippen LogP contribution in [0.3, 0.4) is 0 Å². The summed E-state index contributed by atoms with van der Waals surface area (Å²) in [6, 6.07) is 17.5. The number of nitrogens with one attached hydrogen (secondary N) is 1. The summed E-state index contributed by atoms with van der Waals surface area (Å²) in [5.74, 6) is 1.87. The van der Waals surface area contributed by atoms with E-state index < -0.39 is 0 Å². The third-order valence-corrected chi connectivity index (χ3v) is 5.82. The Hall–Kier alpha value is -3.32. The number of amidine groups is 1. The van der Waals surface area contributed by atoms with E-state index in [-0.39, 0.29) is 24.2 Å². The topological polar surface area (TPSA) is 78.7 Å². The molecular formula is C22H19N3O3S. The van der Waals surface area contributed by atoms with Gasteiger partial charge in [0.05, 0.1) is 24.4 Å². The Bertz CT molecular complexity index is 1090. The molecule has 0 aliphatic carbocycles. The van der Waals surface area contributed by atoms with Crippen LogP contribution in [0.25, 0.3) is 16.8 Å². The van der Waals surface area contributed by atoms with E-state index >= 15 is 0 Å². The van der Waals surface area contributed by atoms with E-state index in [2.05, 4.69) is 4.98 Å². The summed E-state index contributed by atoms with van der Waals surface area (Å²) in [6.45, 7) is 1.14. The molecular weight excluding hydrogens is 386 g/mol. The number of aliphatic hydroxyl groups excluding tert-OH is 1. The number of para-hydroxylation sites is 2. The van der Waals surface area contributed by atoms with Gasteiger partial charge in [0, 0.05) is 10.9 Å². The summed E-state index contributed by atoms with van der Waals surface area (Å²) < 4.78 is 11.8. The first kappa shape index (κ1) is 17.8. The van der Waals surface area contributed by atoms with Crippen LogP contribution in [-0.4, -0.2) is 46.6 Å². The van der Waals surface area contributed by atoms with Gasteiger partial charge in [-0.15, -0.1) is 11.3 Å². The lowest BCUT2D eigenvalue weighted by molar-refractivity contribution is 0.0751. The van der Waals surface area contributed by atoms with Crippen LogP contribution >= 0.6 is 11.3 Å². The van der Waals surface area contributed by atoms with Crippen LogP contribution in [0.15, 0.2) is 65.7 Å². The summed E-state index contributed by atoms with van der Waals surface area (Å²) in [5.41, 5.74) is 2.36. The van der Waals surface area contributed by atoms with Crippen LogP contribution in [0.1, 0.15) is 5.01 Å². The van der Waals surface area contributed by atoms with Gasteiger partial charge in [0.25, 0.3) is 0 Å². The van der Waals surface area contributed by atoms with Crippen LogP contribution in [0.4, 0.5) is 0 Å². The highest BCUT2D eigenvalue weighted by Gasteiger charge is 2.33. The smallest absolute Gasteiger partial charge is 0.161 e. The number of hydrogen-bond acceptors (Lipinski definition) is 6. The van der Waals surface area contributed by atoms with Gasteiger partial charge in [-0.1, -0.05) is 42.5 Å². The Morgan fingerprint density at radius 2 is 1.86 bits per heavy atom. The number of aliphatic hydroxyl groups is 1. The molecule has 2 aliphatic heterocycles. The van der Waals surface area contributed by atoms with Crippen molar-refractivity contribution in [1.82, 2.24) is 9.88 Å². The first-order chi connectivity index (χ1) is 14.2. The molecule has 0 saturated carbocycles. The predicted octanol–water partition coefficient (Wildman–Crippen LogP) is 4.21. The molecule has 0 radical (unpaired) electrons. The molecule has 5 rings (SSSR count). The van der Waals surface area contributed by atoms with Crippen molar-refractivity contribution in [2.75, 3.05) is 19.7 Å². The Balaban J connectivity index is 1.31. The molecule has 2 aromatic carbocycles. The molecule has 0 spiro atoms. The average Bonchev–Trinajstić information content (AvgIpc) is 3.33. The molecule has 1 atom stereocenters. The standard InChI is InChI=1S/C22H19N3O3S/c23-21-20(22-24-16(13-29-22)14-6-2-1-3-7-14)17(26)11-25(21)10-15-12-27-18-8-4-5-9-19(18)28-15/h1-9,13,15,23,26H,10-12H2. The highest BCUT2D eigenvalue weighted by molar-refractivity contribution is 7.11. The molecule has 0 bridgehead atoms. The largest absolute Gasteiger partial charge is 0.510 e. The van der Waals surface area contributed by atoms with Gasteiger partial charge >= 0.3 is 0 Å². The Labute approximate surface area is 172 Å². The lowest BCUT2D eigenvalue weighted by atomic mass is 10.2. The minimum Gasteiger partial charge on any atom is -0.510 e. The maximum absolute atomic E-state index is 10.5. The summed E-state index contributed by atoms with van der Waals surface area (Å²) in [4.78, 5) is 6.45. The molecule has 3 heterocycles. The SMILES string of the molecule is N=C1C(c2nc(-c3ccccc3)cs2)=C(O)CN1CC1COc2ccccc2O1. The number of rotatable bonds is 4. The van der Waals surface area contributed by atoms with Crippen molar-refractivity contribution in [3.63, 3.8) is 0 Å². The van der Waals surface area contributed by atoms with Crippen molar-refractivity contribution in [2.24, 2.45) is 0 Å². The lowest BCUT2D eigenvalue weighted by Crippen LogP contribution is -2.42. The van der Waals surface area contributed by atoms with E-state index in [4.69, 9.17) is 14.9 Å². The van der Waals surface area contributed by atoms with Gasteiger partial charge < -0.3 is 19.5 Å². The lowest BCUT2D eigenvalue weighted by Gasteiger charge is -2.30. The molecule has 146 valence electrons.